The van der Waals surface area contributed by atoms with Crippen LogP contribution in [0.4, 0.5) is 0 Å². The maximum Gasteiger partial charge on any atom is 0.252 e. The Kier molecular flexibility index (Phi) is 7.41. The second-order valence-corrected chi connectivity index (χ2v) is 16.0. The summed E-state index contributed by atoms with van der Waals surface area (Å²) < 4.78 is 14.1. The van der Waals surface area contributed by atoms with Crippen molar-refractivity contribution in [3.05, 3.63) is 60.7 Å². The topological polar surface area (TPSA) is 344 Å². The van der Waals surface area contributed by atoms with Gasteiger partial charge in [0.15, 0.2) is 40.2 Å². The molecule has 12 aromatic rings. The van der Waals surface area contributed by atoms with Crippen molar-refractivity contribution in [2.75, 3.05) is 0 Å². The Bertz CT molecular complexity index is 4400. The fourth-order valence-corrected chi connectivity index (χ4v) is 9.83. The number of nitrogens with zero attached hydrogens (tertiary/aromatic N) is 3. The van der Waals surface area contributed by atoms with E-state index in [1.54, 1.807) is 54.6 Å². The zero-order chi connectivity index (χ0) is 48.0. The van der Waals surface area contributed by atoms with Gasteiger partial charge >= 0.3 is 0 Å². The number of hydrogen-bond donors (Lipinski definition) is 15. The minimum Gasteiger partial charge on any atom is -0.506 e. The fraction of sp³-hybridized carbons (Fsp3) is 0. The second kappa shape index (κ2) is 12.7. The molecule has 8 aromatic carbocycles. The van der Waals surface area contributed by atoms with Gasteiger partial charge in [-0.25, -0.2) is 0 Å². The molecule has 68 heavy (non-hydrogen) atoms. The number of benzene rings is 8. The zero-order valence-electron chi connectivity index (χ0n) is 33.8. The molecule has 20 nitrogen and oxygen atoms in total. The van der Waals surface area contributed by atoms with Crippen LogP contribution in [-0.2, 0) is 0 Å². The molecule has 0 amide bonds. The van der Waals surface area contributed by atoms with Gasteiger partial charge in [0, 0.05) is 21.5 Å². The summed E-state index contributed by atoms with van der Waals surface area (Å²) >= 11 is 0. The number of phenolic OH excluding ortho intramolecular Hbond substituents is 15. The highest BCUT2D eigenvalue weighted by Crippen LogP contribution is 2.61. The van der Waals surface area contributed by atoms with E-state index in [0.717, 1.165) is 4.40 Å². The molecule has 4 radical (unpaired) electrons. The van der Waals surface area contributed by atoms with Gasteiger partial charge in [-0.3, -0.25) is 13.6 Å². The molecular formula is C46H25B2N3O17. The van der Waals surface area contributed by atoms with Crippen LogP contribution < -0.4 is 10.9 Å². The molecule has 4 heterocycles. The number of fused-ring (bicyclic) bond motifs is 14. The summed E-state index contributed by atoms with van der Waals surface area (Å²) in [5, 5.41) is 170. The van der Waals surface area contributed by atoms with Crippen molar-refractivity contribution >= 4 is 119 Å². The molecular weight excluding hydrogens is 888 g/mol. The van der Waals surface area contributed by atoms with Gasteiger partial charge in [-0.1, -0.05) is 47.3 Å². The van der Waals surface area contributed by atoms with E-state index in [-0.39, 0.29) is 16.7 Å². The Hall–Kier alpha value is -9.85. The molecule has 332 valence electrons. The first kappa shape index (κ1) is 39.7. The predicted octanol–water partition coefficient (Wildman–Crippen LogP) is 5.67. The molecule has 0 atom stereocenters. The smallest absolute Gasteiger partial charge is 0.252 e. The van der Waals surface area contributed by atoms with E-state index in [1.807, 2.05) is 0 Å². The van der Waals surface area contributed by atoms with Crippen molar-refractivity contribution in [1.29, 1.82) is 0 Å². The summed E-state index contributed by atoms with van der Waals surface area (Å²) in [6.07, 6.45) is 0. The summed E-state index contributed by atoms with van der Waals surface area (Å²) in [4.78, 5) is 0. The molecule has 0 unspecified atom stereocenters. The van der Waals surface area contributed by atoms with Gasteiger partial charge in [-0.2, -0.15) is 0 Å². The van der Waals surface area contributed by atoms with Crippen LogP contribution in [0.5, 0.6) is 86.2 Å². The maximum absolute atomic E-state index is 13.0. The van der Waals surface area contributed by atoms with E-state index < -0.39 is 152 Å². The van der Waals surface area contributed by atoms with Crippen LogP contribution in [0.2, 0.25) is 0 Å². The quantitative estimate of drug-likeness (QED) is 0.0430. The third-order valence-corrected chi connectivity index (χ3v) is 12.8. The highest BCUT2D eigenvalue weighted by Gasteiger charge is 2.37. The van der Waals surface area contributed by atoms with Gasteiger partial charge in [0.25, 0.3) is 5.58 Å². The Morgan fingerprint density at radius 2 is 0.721 bits per heavy atom. The normalized spacial score (nSPS) is 12.2. The molecule has 0 aliphatic rings. The number of aromatic hydroxyl groups is 15. The van der Waals surface area contributed by atoms with E-state index >= 15 is 0 Å². The molecule has 0 fully saturated rings. The molecule has 0 bridgehead atoms. The molecule has 15 N–H and O–H groups in total. The lowest BCUT2D eigenvalue weighted by atomic mass is 9.78. The van der Waals surface area contributed by atoms with E-state index in [4.69, 9.17) is 24.8 Å². The van der Waals surface area contributed by atoms with Gasteiger partial charge in [0.2, 0.25) is 45.8 Å². The molecule has 0 spiro atoms. The Labute approximate surface area is 376 Å². The fourth-order valence-electron chi connectivity index (χ4n) is 9.83. The van der Waals surface area contributed by atoms with E-state index in [1.165, 1.54) is 15.2 Å². The SMILES string of the molecule is [B]c1c([B])c(O)c(-n2c3ccccc3c3c4c5ccccc5n(-c5c(O)c6c7c(O)c(O)c(O)c8ooc9c(O)c(O)c(O)c(O)c9n(c87)c6c6c(O)c(O)c(O)c(O)c56)c4ccc32)c(O)c1O. The Morgan fingerprint density at radius 3 is 1.28 bits per heavy atom. The van der Waals surface area contributed by atoms with Gasteiger partial charge in [-0.05, 0) is 24.3 Å². The average molecular weight is 913 g/mol. The number of aromatic nitrogens is 3. The second-order valence-electron chi connectivity index (χ2n) is 16.0. The van der Waals surface area contributed by atoms with Crippen molar-refractivity contribution in [2.24, 2.45) is 0 Å². The van der Waals surface area contributed by atoms with E-state index in [9.17, 15) is 76.6 Å². The predicted molar refractivity (Wildman–Crippen MR) is 245 cm³/mol. The number of phenols is 15. The van der Waals surface area contributed by atoms with Crippen LogP contribution in [0.15, 0.2) is 69.8 Å². The monoisotopic (exact) mass is 913 g/mol. The highest BCUT2D eigenvalue weighted by molar-refractivity contribution is 6.51. The third-order valence-electron chi connectivity index (χ3n) is 12.8. The van der Waals surface area contributed by atoms with Gasteiger partial charge in [0.1, 0.15) is 43.9 Å². The van der Waals surface area contributed by atoms with Gasteiger partial charge in [-0.15, -0.1) is 0 Å². The minimum atomic E-state index is -1.35. The van der Waals surface area contributed by atoms with Crippen molar-refractivity contribution in [2.45, 2.75) is 0 Å². The molecule has 12 rings (SSSR count). The van der Waals surface area contributed by atoms with Crippen LogP contribution >= 0.6 is 0 Å². The van der Waals surface area contributed by atoms with Crippen LogP contribution in [0.25, 0.3) is 104 Å². The zero-order valence-corrected chi connectivity index (χ0v) is 33.8. The van der Waals surface area contributed by atoms with Crippen molar-refractivity contribution in [3.63, 3.8) is 0 Å². The highest BCUT2D eigenvalue weighted by atomic mass is 17.0. The first-order chi connectivity index (χ1) is 32.4. The van der Waals surface area contributed by atoms with Crippen LogP contribution in [-0.4, -0.2) is 106 Å². The molecule has 4 aromatic heterocycles. The molecule has 0 aliphatic carbocycles. The van der Waals surface area contributed by atoms with Gasteiger partial charge < -0.3 is 85.7 Å². The third kappa shape index (κ3) is 4.35. The lowest BCUT2D eigenvalue weighted by Gasteiger charge is -2.19. The maximum atomic E-state index is 13.0. The van der Waals surface area contributed by atoms with Crippen LogP contribution in [0, 0.1) is 0 Å². The summed E-state index contributed by atoms with van der Waals surface area (Å²) in [5.41, 5.74) is -4.56. The van der Waals surface area contributed by atoms with Crippen molar-refractivity contribution in [1.82, 2.24) is 13.5 Å². The summed E-state index contributed by atoms with van der Waals surface area (Å²) in [7, 11) is 12.0. The van der Waals surface area contributed by atoms with Crippen LogP contribution in [0.1, 0.15) is 0 Å². The van der Waals surface area contributed by atoms with E-state index in [0.29, 0.717) is 32.6 Å². The standard InChI is InChI=1S/C46H25B2N3O17/c47-23-24(48)35(57)36(58)28(34(23)56)50-14-8-4-2-6-12(14)18-16(50)10-9-15-17(18)11-5-1-3-7-13(11)49(15)26-21-20(31(53)38(60)39(61)32(21)54)25-19(30(26)52)22-27-45(43(65)40(62)33(22)55)67-68-46-29(51(25)27)37(59)41(63)42(64)44(46)66/h1-10,52-66H. The summed E-state index contributed by atoms with van der Waals surface area (Å²) in [6.45, 7) is 0. The van der Waals surface area contributed by atoms with Gasteiger partial charge in [0.05, 0.1) is 49.1 Å². The average Bonchev–Trinajstić information content (AvgIpc) is 3.93. The van der Waals surface area contributed by atoms with Crippen LogP contribution in [0.3, 0.4) is 0 Å². The number of rotatable bonds is 2. The Balaban J connectivity index is 1.37. The number of hydrogen-bond acceptors (Lipinski definition) is 17. The van der Waals surface area contributed by atoms with E-state index in [2.05, 4.69) is 0 Å². The number of para-hydroxylation sites is 2. The lowest BCUT2D eigenvalue weighted by molar-refractivity contribution is 0.0871. The van der Waals surface area contributed by atoms with Crippen molar-refractivity contribution in [3.8, 4) is 97.6 Å². The minimum absolute atomic E-state index is 0.206. The van der Waals surface area contributed by atoms with Crippen molar-refractivity contribution < 1.29 is 85.8 Å². The Morgan fingerprint density at radius 1 is 0.309 bits per heavy atom. The lowest BCUT2D eigenvalue weighted by Crippen LogP contribution is -2.27. The summed E-state index contributed by atoms with van der Waals surface area (Å²) in [6, 6.07) is 16.5. The first-order valence-electron chi connectivity index (χ1n) is 19.8. The molecule has 22 heteroatoms. The molecule has 0 aliphatic heterocycles. The molecule has 0 saturated heterocycles. The first-order valence-corrected chi connectivity index (χ1v) is 19.8. The molecule has 0 saturated carbocycles. The largest absolute Gasteiger partial charge is 0.506 e. The summed E-state index contributed by atoms with van der Waals surface area (Å²) in [5.74, 6) is -17.1.